The van der Waals surface area contributed by atoms with Crippen LogP contribution in [-0.4, -0.2) is 25.6 Å². The number of hydrogen-bond acceptors (Lipinski definition) is 3. The van der Waals surface area contributed by atoms with Crippen molar-refractivity contribution in [1.82, 2.24) is 0 Å². The zero-order valence-corrected chi connectivity index (χ0v) is 12.0. The Bertz CT molecular complexity index is 532. The molecule has 0 aliphatic rings. The molecule has 0 bridgehead atoms. The number of hydrogen-bond donors (Lipinski definition) is 1. The van der Waals surface area contributed by atoms with Gasteiger partial charge in [0.05, 0.1) is 7.11 Å². The van der Waals surface area contributed by atoms with Gasteiger partial charge in [0.15, 0.2) is 0 Å². The van der Waals surface area contributed by atoms with Crippen molar-refractivity contribution in [2.24, 2.45) is 5.73 Å². The van der Waals surface area contributed by atoms with E-state index in [1.807, 2.05) is 0 Å². The minimum absolute atomic E-state index is 0. The van der Waals surface area contributed by atoms with Gasteiger partial charge in [-0.05, 0) is 12.1 Å². The van der Waals surface area contributed by atoms with Gasteiger partial charge in [0, 0.05) is 11.6 Å². The number of benzene rings is 1. The summed E-state index contributed by atoms with van der Waals surface area (Å²) in [6.45, 7) is 0. The molecular weight excluding hydrogens is 366 g/mol. The molecule has 0 aliphatic carbocycles. The van der Waals surface area contributed by atoms with Gasteiger partial charge in [-0.1, -0.05) is 0 Å². The number of alkyl halides is 8. The van der Waals surface area contributed by atoms with Gasteiger partial charge in [0.25, 0.3) is 0 Å². The number of halogens is 9. The molecule has 134 valence electrons. The van der Waals surface area contributed by atoms with E-state index in [0.717, 1.165) is 7.11 Å². The molecule has 0 aromatic heterocycles. The molecule has 0 radical (unpaired) electrons. The number of nitrogens with two attached hydrogens (primary N) is 1. The maximum Gasteiger partial charge on any atom is 0.573 e. The average molecular weight is 376 g/mol. The summed E-state index contributed by atoms with van der Waals surface area (Å²) in [6.07, 6.45) is -11.0. The van der Waals surface area contributed by atoms with Crippen molar-refractivity contribution in [3.8, 4) is 11.5 Å². The van der Waals surface area contributed by atoms with Crippen LogP contribution in [0.1, 0.15) is 11.6 Å². The van der Waals surface area contributed by atoms with E-state index < -0.39 is 41.6 Å². The van der Waals surface area contributed by atoms with Crippen LogP contribution in [0.15, 0.2) is 18.2 Å². The van der Waals surface area contributed by atoms with Gasteiger partial charge in [0.2, 0.25) is 0 Å². The van der Waals surface area contributed by atoms with E-state index in [-0.39, 0.29) is 12.4 Å². The Morgan fingerprint density at radius 1 is 1.00 bits per heavy atom. The first kappa shape index (κ1) is 21.5. The summed E-state index contributed by atoms with van der Waals surface area (Å²) in [5.74, 6) is -6.85. The minimum Gasteiger partial charge on any atom is -0.496 e. The lowest BCUT2D eigenvalue weighted by atomic mass is 9.99. The lowest BCUT2D eigenvalue weighted by Gasteiger charge is -2.27. The van der Waals surface area contributed by atoms with Crippen LogP contribution in [0, 0.1) is 0 Å². The first-order valence-corrected chi connectivity index (χ1v) is 5.43. The van der Waals surface area contributed by atoms with Gasteiger partial charge in [-0.25, -0.2) is 0 Å². The van der Waals surface area contributed by atoms with Gasteiger partial charge in [-0.2, -0.15) is 22.0 Å². The zero-order valence-electron chi connectivity index (χ0n) is 11.1. The van der Waals surface area contributed by atoms with Crippen LogP contribution in [0.2, 0.25) is 0 Å². The Morgan fingerprint density at radius 3 is 1.91 bits per heavy atom. The molecule has 0 amide bonds. The molecule has 12 heteroatoms. The highest BCUT2D eigenvalue weighted by Gasteiger charge is 2.62. The summed E-state index contributed by atoms with van der Waals surface area (Å²) in [7, 11) is 0.870. The van der Waals surface area contributed by atoms with Gasteiger partial charge >= 0.3 is 18.5 Å². The molecule has 0 unspecified atom stereocenters. The van der Waals surface area contributed by atoms with Crippen molar-refractivity contribution in [2.75, 3.05) is 7.11 Å². The third-order valence-corrected chi connectivity index (χ3v) is 2.54. The van der Waals surface area contributed by atoms with E-state index in [0.29, 0.717) is 18.2 Å². The lowest BCUT2D eigenvalue weighted by Crippen LogP contribution is -2.45. The number of rotatable bonds is 4. The van der Waals surface area contributed by atoms with Crippen LogP contribution in [0.3, 0.4) is 0 Å². The summed E-state index contributed by atoms with van der Waals surface area (Å²) < 4.78 is 107. The van der Waals surface area contributed by atoms with Crippen LogP contribution in [0.25, 0.3) is 0 Å². The molecule has 0 saturated carbocycles. The summed E-state index contributed by atoms with van der Waals surface area (Å²) >= 11 is 0. The Labute approximate surface area is 130 Å². The van der Waals surface area contributed by atoms with Crippen LogP contribution >= 0.6 is 12.4 Å². The van der Waals surface area contributed by atoms with E-state index in [2.05, 4.69) is 9.47 Å². The van der Waals surface area contributed by atoms with Crippen molar-refractivity contribution >= 4 is 12.4 Å². The summed E-state index contributed by atoms with van der Waals surface area (Å²) in [4.78, 5) is 0. The lowest BCUT2D eigenvalue weighted by molar-refractivity contribution is -0.291. The molecular formula is C11H10ClF8NO2. The van der Waals surface area contributed by atoms with Crippen LogP contribution in [-0.2, 0) is 0 Å². The summed E-state index contributed by atoms with van der Waals surface area (Å²) in [6, 6.07) is -1.25. The highest BCUT2D eigenvalue weighted by Crippen LogP contribution is 2.45. The fourth-order valence-corrected chi connectivity index (χ4v) is 1.52. The zero-order chi connectivity index (χ0) is 17.3. The Balaban J connectivity index is 0.00000484. The fourth-order valence-electron chi connectivity index (χ4n) is 1.52. The smallest absolute Gasteiger partial charge is 0.496 e. The highest BCUT2D eigenvalue weighted by atomic mass is 35.5. The third-order valence-electron chi connectivity index (χ3n) is 2.54. The van der Waals surface area contributed by atoms with Crippen LogP contribution < -0.4 is 15.2 Å². The second-order valence-corrected chi connectivity index (χ2v) is 4.05. The fraction of sp³-hybridized carbons (Fsp3) is 0.455. The van der Waals surface area contributed by atoms with E-state index in [1.165, 1.54) is 0 Å². The second-order valence-electron chi connectivity index (χ2n) is 4.05. The van der Waals surface area contributed by atoms with Gasteiger partial charge < -0.3 is 15.2 Å². The predicted molar refractivity (Wildman–Crippen MR) is 64.9 cm³/mol. The van der Waals surface area contributed by atoms with Gasteiger partial charge in [-0.15, -0.1) is 25.6 Å². The molecule has 1 rings (SSSR count). The monoisotopic (exact) mass is 375 g/mol. The summed E-state index contributed by atoms with van der Waals surface area (Å²) in [5.41, 5.74) is 4.08. The first-order chi connectivity index (χ1) is 9.79. The maximum absolute atomic E-state index is 13.2. The minimum atomic E-state index is -5.93. The average Bonchev–Trinajstić information content (AvgIpc) is 2.34. The molecule has 23 heavy (non-hydrogen) atoms. The van der Waals surface area contributed by atoms with E-state index in [9.17, 15) is 35.1 Å². The molecule has 2 N–H and O–H groups in total. The summed E-state index contributed by atoms with van der Waals surface area (Å²) in [5, 5.41) is 0. The largest absolute Gasteiger partial charge is 0.573 e. The molecule has 1 aromatic rings. The molecule has 0 saturated heterocycles. The van der Waals surface area contributed by atoms with Crippen molar-refractivity contribution in [3.05, 3.63) is 23.8 Å². The number of ether oxygens (including phenoxy) is 2. The Hall–Kier alpha value is -1.49. The SMILES string of the molecule is COc1cc(OC(F)(F)F)ccc1[C@H](N)C(F)(F)C(F)(F)F.Cl. The van der Waals surface area contributed by atoms with Gasteiger partial charge in [0.1, 0.15) is 17.5 Å². The maximum atomic E-state index is 13.2. The van der Waals surface area contributed by atoms with Crippen molar-refractivity contribution in [3.63, 3.8) is 0 Å². The molecule has 0 fully saturated rings. The standard InChI is InChI=1S/C11H9F8NO2.ClH/c1-21-7-4-5(22-11(17,18)19)2-3-6(7)8(20)9(12,13)10(14,15)16;/h2-4,8H,20H2,1H3;1H/t8-;/m0./s1. The van der Waals surface area contributed by atoms with Crippen molar-refractivity contribution in [1.29, 1.82) is 0 Å². The first-order valence-electron chi connectivity index (χ1n) is 5.43. The quantitative estimate of drug-likeness (QED) is 0.802. The normalized spacial score (nSPS) is 14.0. The Kier molecular flexibility index (Phi) is 6.50. The third kappa shape index (κ3) is 4.99. The molecule has 0 heterocycles. The number of methoxy groups -OCH3 is 1. The van der Waals surface area contributed by atoms with Crippen molar-refractivity contribution < 1.29 is 44.6 Å². The van der Waals surface area contributed by atoms with Crippen LogP contribution in [0.5, 0.6) is 11.5 Å². The predicted octanol–water partition coefficient (Wildman–Crippen LogP) is 4.21. The highest BCUT2D eigenvalue weighted by molar-refractivity contribution is 5.85. The molecule has 0 aliphatic heterocycles. The van der Waals surface area contributed by atoms with Crippen LogP contribution in [0.4, 0.5) is 35.1 Å². The van der Waals surface area contributed by atoms with E-state index in [1.54, 1.807) is 0 Å². The molecule has 0 spiro atoms. The topological polar surface area (TPSA) is 44.5 Å². The van der Waals surface area contributed by atoms with E-state index in [4.69, 9.17) is 5.73 Å². The van der Waals surface area contributed by atoms with Crippen molar-refractivity contribution in [2.45, 2.75) is 24.5 Å². The molecule has 1 atom stereocenters. The molecule has 1 aromatic carbocycles. The van der Waals surface area contributed by atoms with E-state index >= 15 is 0 Å². The second kappa shape index (κ2) is 6.95. The Morgan fingerprint density at radius 2 is 1.52 bits per heavy atom. The van der Waals surface area contributed by atoms with Gasteiger partial charge in [-0.3, -0.25) is 0 Å². The molecule has 3 nitrogen and oxygen atoms in total.